The molecule has 7 nitrogen and oxygen atoms in total. The van der Waals surface area contributed by atoms with Crippen LogP contribution >= 0.6 is 0 Å². The van der Waals surface area contributed by atoms with Gasteiger partial charge in [0.2, 0.25) is 0 Å². The van der Waals surface area contributed by atoms with Gasteiger partial charge in [-0.2, -0.15) is 0 Å². The van der Waals surface area contributed by atoms with Gasteiger partial charge in [0, 0.05) is 57.5 Å². The zero-order valence-corrected chi connectivity index (χ0v) is 18.7. The summed E-state index contributed by atoms with van der Waals surface area (Å²) in [5.74, 6) is 0.907. The first kappa shape index (κ1) is 22.4. The van der Waals surface area contributed by atoms with Crippen LogP contribution in [-0.2, 0) is 9.53 Å². The van der Waals surface area contributed by atoms with Gasteiger partial charge in [-0.25, -0.2) is 0 Å². The van der Waals surface area contributed by atoms with Crippen molar-refractivity contribution in [2.45, 2.75) is 32.7 Å². The smallest absolute Gasteiger partial charge is 0.308 e. The first-order valence-electron chi connectivity index (χ1n) is 11.3. The summed E-state index contributed by atoms with van der Waals surface area (Å²) >= 11 is 0. The molecule has 7 heteroatoms. The molecule has 166 valence electrons. The van der Waals surface area contributed by atoms with Crippen molar-refractivity contribution in [1.82, 2.24) is 15.1 Å². The Morgan fingerprint density at radius 3 is 2.40 bits per heavy atom. The fourth-order valence-corrected chi connectivity index (χ4v) is 4.31. The van der Waals surface area contributed by atoms with Crippen LogP contribution in [0.3, 0.4) is 0 Å². The van der Waals surface area contributed by atoms with E-state index >= 15 is 0 Å². The average molecular weight is 416 g/mol. The molecule has 0 spiro atoms. The van der Waals surface area contributed by atoms with Crippen LogP contribution in [0.15, 0.2) is 35.3 Å². The molecule has 0 radical (unpaired) electrons. The van der Waals surface area contributed by atoms with Crippen LogP contribution in [0.2, 0.25) is 0 Å². The van der Waals surface area contributed by atoms with Gasteiger partial charge in [-0.3, -0.25) is 14.7 Å². The number of methoxy groups -OCH3 is 1. The van der Waals surface area contributed by atoms with Gasteiger partial charge >= 0.3 is 5.97 Å². The van der Waals surface area contributed by atoms with Gasteiger partial charge in [-0.05, 0) is 38.8 Å². The van der Waals surface area contributed by atoms with Gasteiger partial charge in [0.15, 0.2) is 5.96 Å². The fourth-order valence-electron chi connectivity index (χ4n) is 4.31. The maximum absolute atomic E-state index is 11.8. The van der Waals surface area contributed by atoms with Crippen LogP contribution in [0.1, 0.15) is 26.7 Å². The van der Waals surface area contributed by atoms with E-state index in [2.05, 4.69) is 64.2 Å². The Hall–Kier alpha value is -2.28. The monoisotopic (exact) mass is 415 g/mol. The number of hydrogen-bond donors (Lipinski definition) is 1. The van der Waals surface area contributed by atoms with Crippen LogP contribution in [0, 0.1) is 5.92 Å². The summed E-state index contributed by atoms with van der Waals surface area (Å²) in [6.07, 6.45) is 1.65. The minimum Gasteiger partial charge on any atom is -0.469 e. The number of nitrogens with one attached hydrogen (secondary N) is 1. The second-order valence-electron chi connectivity index (χ2n) is 8.19. The highest BCUT2D eigenvalue weighted by molar-refractivity contribution is 5.80. The van der Waals surface area contributed by atoms with Crippen molar-refractivity contribution in [3.05, 3.63) is 30.3 Å². The number of carbonyl (C=O) groups excluding carboxylic acids is 1. The molecule has 1 aromatic rings. The van der Waals surface area contributed by atoms with Gasteiger partial charge in [0.1, 0.15) is 0 Å². The number of aliphatic imine (C=N–C) groups is 1. The number of ether oxygens (including phenoxy) is 1. The van der Waals surface area contributed by atoms with E-state index in [0.29, 0.717) is 6.04 Å². The van der Waals surface area contributed by atoms with Crippen molar-refractivity contribution in [1.29, 1.82) is 0 Å². The first-order chi connectivity index (χ1) is 14.6. The Balaban J connectivity index is 1.49. The second-order valence-corrected chi connectivity index (χ2v) is 8.19. The fraction of sp³-hybridized carbons (Fsp3) is 0.652. The summed E-state index contributed by atoms with van der Waals surface area (Å²) < 4.78 is 4.90. The third-order valence-electron chi connectivity index (χ3n) is 6.23. The Bertz CT molecular complexity index is 680. The number of esters is 1. The molecule has 3 rings (SSSR count). The van der Waals surface area contributed by atoms with E-state index in [4.69, 9.17) is 9.73 Å². The molecule has 0 amide bonds. The number of para-hydroxylation sites is 1. The van der Waals surface area contributed by atoms with Gasteiger partial charge in [-0.15, -0.1) is 0 Å². The lowest BCUT2D eigenvalue weighted by atomic mass is 9.97. The third-order valence-corrected chi connectivity index (χ3v) is 6.23. The number of carbonyl (C=O) groups is 1. The predicted molar refractivity (Wildman–Crippen MR) is 122 cm³/mol. The van der Waals surface area contributed by atoms with Gasteiger partial charge in [0.25, 0.3) is 0 Å². The lowest BCUT2D eigenvalue weighted by Gasteiger charge is -2.39. The number of rotatable bonds is 6. The maximum Gasteiger partial charge on any atom is 0.308 e. The summed E-state index contributed by atoms with van der Waals surface area (Å²) in [5, 5.41) is 3.43. The summed E-state index contributed by atoms with van der Waals surface area (Å²) in [5.41, 5.74) is 1.31. The molecule has 2 saturated heterocycles. The molecule has 0 aliphatic carbocycles. The van der Waals surface area contributed by atoms with Crippen LogP contribution < -0.4 is 10.2 Å². The topological polar surface area (TPSA) is 60.4 Å². The SMILES string of the molecule is CCNC(=NCC(C)N1CCN(c2ccccc2)CC1)N1CCC(C(=O)OC)CC1. The van der Waals surface area contributed by atoms with Gasteiger partial charge in [0.05, 0.1) is 19.6 Å². The maximum atomic E-state index is 11.8. The first-order valence-corrected chi connectivity index (χ1v) is 11.3. The number of anilines is 1. The minimum absolute atomic E-state index is 0.0222. The standard InChI is InChI=1S/C23H37N5O2/c1-4-24-23(28-12-10-20(11-13-28)22(29)30-3)25-18-19(2)26-14-16-27(17-15-26)21-8-6-5-7-9-21/h5-9,19-20H,4,10-18H2,1-3H3,(H,24,25). The Morgan fingerprint density at radius 1 is 1.13 bits per heavy atom. The van der Waals surface area contributed by atoms with E-state index in [1.54, 1.807) is 0 Å². The van der Waals surface area contributed by atoms with Crippen molar-refractivity contribution in [3.63, 3.8) is 0 Å². The molecule has 0 bridgehead atoms. The van der Waals surface area contributed by atoms with E-state index in [9.17, 15) is 4.79 Å². The minimum atomic E-state index is -0.0835. The van der Waals surface area contributed by atoms with Crippen molar-refractivity contribution < 1.29 is 9.53 Å². The molecule has 2 fully saturated rings. The highest BCUT2D eigenvalue weighted by Crippen LogP contribution is 2.19. The van der Waals surface area contributed by atoms with Crippen LogP contribution in [0.4, 0.5) is 5.69 Å². The lowest BCUT2D eigenvalue weighted by molar-refractivity contribution is -0.146. The van der Waals surface area contributed by atoms with Crippen molar-refractivity contribution in [3.8, 4) is 0 Å². The number of piperidine rings is 1. The van der Waals surface area contributed by atoms with Crippen molar-refractivity contribution in [2.75, 3.05) is 64.4 Å². The molecule has 2 aliphatic rings. The largest absolute Gasteiger partial charge is 0.469 e. The Morgan fingerprint density at radius 2 is 1.80 bits per heavy atom. The molecule has 0 aromatic heterocycles. The van der Waals surface area contributed by atoms with Crippen molar-refractivity contribution in [2.24, 2.45) is 10.9 Å². The van der Waals surface area contributed by atoms with Crippen molar-refractivity contribution >= 4 is 17.6 Å². The van der Waals surface area contributed by atoms with Crippen LogP contribution in [0.25, 0.3) is 0 Å². The summed E-state index contributed by atoms with van der Waals surface area (Å²) in [6, 6.07) is 11.1. The van der Waals surface area contributed by atoms with E-state index in [1.165, 1.54) is 12.8 Å². The molecule has 1 unspecified atom stereocenters. The van der Waals surface area contributed by atoms with Crippen LogP contribution in [-0.4, -0.2) is 87.2 Å². The van der Waals surface area contributed by atoms with Crippen LogP contribution in [0.5, 0.6) is 0 Å². The zero-order chi connectivity index (χ0) is 21.3. The molecule has 1 N–H and O–H groups in total. The van der Waals surface area contributed by atoms with E-state index in [-0.39, 0.29) is 11.9 Å². The Kier molecular flexibility index (Phi) is 8.37. The normalized spacial score (nSPS) is 20.2. The number of likely N-dealkylation sites (tertiary alicyclic amines) is 1. The van der Waals surface area contributed by atoms with Gasteiger partial charge in [-0.1, -0.05) is 18.2 Å². The molecule has 0 saturated carbocycles. The number of piperazine rings is 1. The molecule has 2 aliphatic heterocycles. The molecule has 30 heavy (non-hydrogen) atoms. The molecular formula is C23H37N5O2. The molecule has 1 atom stereocenters. The van der Waals surface area contributed by atoms with E-state index < -0.39 is 0 Å². The highest BCUT2D eigenvalue weighted by atomic mass is 16.5. The average Bonchev–Trinajstić information content (AvgIpc) is 2.82. The number of hydrogen-bond acceptors (Lipinski definition) is 5. The summed E-state index contributed by atoms with van der Waals surface area (Å²) in [4.78, 5) is 24.0. The molecule has 1 aromatic carbocycles. The quantitative estimate of drug-likeness (QED) is 0.436. The predicted octanol–water partition coefficient (Wildman–Crippen LogP) is 2.05. The Labute approximate surface area is 181 Å². The lowest BCUT2D eigenvalue weighted by Crippen LogP contribution is -2.51. The zero-order valence-electron chi connectivity index (χ0n) is 18.7. The number of benzene rings is 1. The molecule has 2 heterocycles. The molecular weight excluding hydrogens is 378 g/mol. The summed E-state index contributed by atoms with van der Waals surface area (Å²) in [6.45, 7) is 11.9. The number of guanidine groups is 1. The second kappa shape index (κ2) is 11.2. The van der Waals surface area contributed by atoms with Gasteiger partial charge < -0.3 is 19.9 Å². The highest BCUT2D eigenvalue weighted by Gasteiger charge is 2.27. The summed E-state index contributed by atoms with van der Waals surface area (Å²) in [7, 11) is 1.47. The number of nitrogens with zero attached hydrogens (tertiary/aromatic N) is 4. The van der Waals surface area contributed by atoms with E-state index in [1.807, 2.05) is 0 Å². The van der Waals surface area contributed by atoms with E-state index in [0.717, 1.165) is 71.2 Å². The third kappa shape index (κ3) is 5.88.